The molecule has 0 saturated heterocycles. The number of allylic oxidation sites excluding steroid dienone is 8. The highest BCUT2D eigenvalue weighted by Crippen LogP contribution is 2.47. The van der Waals surface area contributed by atoms with Gasteiger partial charge in [-0.15, -0.1) is 0 Å². The summed E-state index contributed by atoms with van der Waals surface area (Å²) >= 11 is 0. The van der Waals surface area contributed by atoms with Crippen LogP contribution in [0.15, 0.2) is 132 Å². The summed E-state index contributed by atoms with van der Waals surface area (Å²) in [7, 11) is 13.8. The highest BCUT2D eigenvalue weighted by molar-refractivity contribution is 6.03. The molecule has 0 aliphatic carbocycles. The highest BCUT2D eigenvalue weighted by Gasteiger charge is 2.42. The minimum absolute atomic E-state index is 0.0886. The summed E-state index contributed by atoms with van der Waals surface area (Å²) < 4.78 is 4.07. The Morgan fingerprint density at radius 1 is 0.745 bits per heavy atom. The monoisotopic (exact) mass is 733 g/mol. The lowest BCUT2D eigenvalue weighted by atomic mass is 9.81. The van der Waals surface area contributed by atoms with Gasteiger partial charge >= 0.3 is 0 Å². The maximum Gasteiger partial charge on any atom is 0.209 e. The molecular weight excluding hydrogens is 675 g/mol. The molecule has 55 heavy (non-hydrogen) atoms. The molecular formula is C48H59N7+2. The number of rotatable bonds is 5. The fraction of sp³-hybridized carbons (Fsp3) is 0.333. The molecule has 3 aliphatic rings. The van der Waals surface area contributed by atoms with Crippen LogP contribution in [0.25, 0.3) is 0 Å². The van der Waals surface area contributed by atoms with Crippen molar-refractivity contribution in [3.05, 3.63) is 149 Å². The van der Waals surface area contributed by atoms with Gasteiger partial charge in [0, 0.05) is 85.7 Å². The average molecular weight is 734 g/mol. The molecule has 7 nitrogen and oxygen atoms in total. The lowest BCUT2D eigenvalue weighted by Crippen LogP contribution is -2.26. The van der Waals surface area contributed by atoms with Crippen molar-refractivity contribution in [2.45, 2.75) is 57.8 Å². The predicted molar refractivity (Wildman–Crippen MR) is 232 cm³/mol. The van der Waals surface area contributed by atoms with Gasteiger partial charge in [-0.3, -0.25) is 0 Å². The van der Waals surface area contributed by atoms with Crippen LogP contribution in [0.5, 0.6) is 0 Å². The van der Waals surface area contributed by atoms with Gasteiger partial charge in [-0.05, 0) is 55.3 Å². The Labute approximate surface area is 330 Å². The molecule has 0 aromatic heterocycles. The molecule has 0 amide bonds. The second-order valence-corrected chi connectivity index (χ2v) is 16.3. The zero-order chi connectivity index (χ0) is 40.9. The molecule has 3 aromatic rings. The number of anilines is 2. The number of likely N-dealkylation sites (N-methyl/N-ethyl adjacent to an activating group) is 2. The molecule has 0 N–H and O–H groups in total. The summed E-state index contributed by atoms with van der Waals surface area (Å²) in [5.41, 5.74) is 12.5. The Bertz CT molecular complexity index is 2220. The normalized spacial score (nSPS) is 18.0. The molecule has 0 radical (unpaired) electrons. The van der Waals surface area contributed by atoms with Crippen molar-refractivity contribution in [1.29, 1.82) is 10.5 Å². The number of hydrogen-bond donors (Lipinski definition) is 0. The minimum Gasteiger partial charge on any atom is -0.382 e. The van der Waals surface area contributed by atoms with Gasteiger partial charge in [0.25, 0.3) is 0 Å². The number of benzene rings is 3. The lowest BCUT2D eigenvalue weighted by Gasteiger charge is -2.23. The van der Waals surface area contributed by atoms with E-state index >= 15 is 0 Å². The Kier molecular flexibility index (Phi) is 12.6. The maximum atomic E-state index is 9.78. The molecule has 3 aliphatic heterocycles. The molecule has 0 bridgehead atoms. The SMILES string of the molecule is C=C1N(C)c2ccccc2C1(C)C.CN(C)C=C(C#N)C=[N+](C)C.CN1/C(=C/C=C(C#N)/C=C/C2=[N+](C)c3ccccc3C2(C)C)C(C)(C)c2ccccc21. The van der Waals surface area contributed by atoms with Crippen molar-refractivity contribution < 1.29 is 9.15 Å². The van der Waals surface area contributed by atoms with Gasteiger partial charge < -0.3 is 14.7 Å². The van der Waals surface area contributed by atoms with E-state index in [2.05, 4.69) is 181 Å². The van der Waals surface area contributed by atoms with Crippen molar-refractivity contribution >= 4 is 29.0 Å². The van der Waals surface area contributed by atoms with Crippen LogP contribution in [0.2, 0.25) is 0 Å². The van der Waals surface area contributed by atoms with E-state index in [4.69, 9.17) is 5.26 Å². The van der Waals surface area contributed by atoms with Crippen LogP contribution in [-0.2, 0) is 16.2 Å². The number of nitriles is 2. The van der Waals surface area contributed by atoms with Gasteiger partial charge in [0.1, 0.15) is 32.8 Å². The smallest absolute Gasteiger partial charge is 0.209 e. The van der Waals surface area contributed by atoms with E-state index in [0.29, 0.717) is 11.1 Å². The summed E-state index contributed by atoms with van der Waals surface area (Å²) in [5, 5.41) is 18.4. The first kappa shape index (κ1) is 41.8. The van der Waals surface area contributed by atoms with Crippen molar-refractivity contribution in [3.8, 4) is 12.1 Å². The Balaban J connectivity index is 0.000000229. The number of nitrogens with zero attached hydrogens (tertiary/aromatic N) is 7. The van der Waals surface area contributed by atoms with Crippen molar-refractivity contribution in [3.63, 3.8) is 0 Å². The molecule has 0 atom stereocenters. The molecule has 7 heteroatoms. The van der Waals surface area contributed by atoms with Gasteiger partial charge in [-0.25, -0.2) is 4.58 Å². The van der Waals surface area contributed by atoms with E-state index in [1.54, 1.807) is 12.4 Å². The summed E-state index contributed by atoms with van der Waals surface area (Å²) in [5.74, 6) is 0. The van der Waals surface area contributed by atoms with Gasteiger partial charge in [-0.2, -0.15) is 15.1 Å². The summed E-state index contributed by atoms with van der Waals surface area (Å²) in [6, 6.07) is 29.9. The van der Waals surface area contributed by atoms with Crippen LogP contribution in [0.1, 0.15) is 58.2 Å². The molecule has 3 heterocycles. The van der Waals surface area contributed by atoms with Gasteiger partial charge in [-0.1, -0.05) is 88.9 Å². The Morgan fingerprint density at radius 3 is 1.75 bits per heavy atom. The van der Waals surface area contributed by atoms with E-state index in [9.17, 15) is 5.26 Å². The first-order chi connectivity index (χ1) is 25.8. The second-order valence-electron chi connectivity index (χ2n) is 16.3. The zero-order valence-corrected chi connectivity index (χ0v) is 35.2. The average Bonchev–Trinajstić information content (AvgIpc) is 3.55. The summed E-state index contributed by atoms with van der Waals surface area (Å²) in [4.78, 5) is 6.25. The fourth-order valence-corrected chi connectivity index (χ4v) is 7.73. The largest absolute Gasteiger partial charge is 0.382 e. The van der Waals surface area contributed by atoms with Crippen LogP contribution >= 0.6 is 0 Å². The fourth-order valence-electron chi connectivity index (χ4n) is 7.73. The van der Waals surface area contributed by atoms with E-state index in [1.807, 2.05) is 49.8 Å². The van der Waals surface area contributed by atoms with E-state index < -0.39 is 0 Å². The molecule has 284 valence electrons. The first-order valence-electron chi connectivity index (χ1n) is 18.7. The third kappa shape index (κ3) is 8.58. The molecule has 3 aromatic carbocycles. The van der Waals surface area contributed by atoms with E-state index in [1.165, 1.54) is 50.9 Å². The van der Waals surface area contributed by atoms with Crippen molar-refractivity contribution in [2.75, 3.05) is 59.1 Å². The number of fused-ring (bicyclic) bond motifs is 3. The number of hydrogen-bond acceptors (Lipinski definition) is 5. The Hall–Kier alpha value is -5.92. The molecule has 0 saturated carbocycles. The maximum absolute atomic E-state index is 9.78. The van der Waals surface area contributed by atoms with Crippen LogP contribution in [0, 0.1) is 22.7 Å². The van der Waals surface area contributed by atoms with Gasteiger partial charge in [0.15, 0.2) is 11.9 Å². The van der Waals surface area contributed by atoms with Crippen LogP contribution in [0.3, 0.4) is 0 Å². The number of para-hydroxylation sites is 3. The molecule has 0 unspecified atom stereocenters. The summed E-state index contributed by atoms with van der Waals surface area (Å²) in [6.07, 6.45) is 11.6. The summed E-state index contributed by atoms with van der Waals surface area (Å²) in [6.45, 7) is 17.5. The topological polar surface area (TPSA) is 63.3 Å². The standard InChI is InChI=1S/C28H30N3.C12H15N.C8H14N3/c1-27(2)21-11-7-9-13-23(21)30(5)25(27)17-15-20(19-29)16-18-26-28(3,4)22-12-8-10-14-24(22)31(26)6;1-9-12(2,3)10-7-5-6-8-11(10)13(9)4;1-10(2)6-8(5-9)7-11(3)4/h7-18H,1-6H3;5-8H,1H2,2-4H3;6-7H,1-4H3/q+1;;+1. The Morgan fingerprint density at radius 2 is 1.25 bits per heavy atom. The second kappa shape index (κ2) is 16.6. The highest BCUT2D eigenvalue weighted by atomic mass is 15.2. The zero-order valence-electron chi connectivity index (χ0n) is 35.2. The van der Waals surface area contributed by atoms with Crippen LogP contribution in [0.4, 0.5) is 17.1 Å². The van der Waals surface area contributed by atoms with Crippen LogP contribution in [-0.4, -0.2) is 75.3 Å². The van der Waals surface area contributed by atoms with Crippen LogP contribution < -0.4 is 9.80 Å². The molecule has 0 spiro atoms. The minimum atomic E-state index is -0.101. The van der Waals surface area contributed by atoms with E-state index in [0.717, 1.165) is 0 Å². The molecule has 0 fully saturated rings. The predicted octanol–water partition coefficient (Wildman–Crippen LogP) is 9.24. The first-order valence-corrected chi connectivity index (χ1v) is 18.7. The van der Waals surface area contributed by atoms with E-state index in [-0.39, 0.29) is 16.2 Å². The van der Waals surface area contributed by atoms with Gasteiger partial charge in [0.05, 0.1) is 17.1 Å². The third-order valence-electron chi connectivity index (χ3n) is 10.8. The quantitative estimate of drug-likeness (QED) is 0.113. The van der Waals surface area contributed by atoms with Gasteiger partial charge in [0.2, 0.25) is 5.69 Å². The molecule has 6 rings (SSSR count). The lowest BCUT2D eigenvalue weighted by molar-refractivity contribution is -0.458. The van der Waals surface area contributed by atoms with Crippen molar-refractivity contribution in [1.82, 2.24) is 4.90 Å². The third-order valence-corrected chi connectivity index (χ3v) is 10.8. The van der Waals surface area contributed by atoms with Crippen molar-refractivity contribution in [2.24, 2.45) is 0 Å².